The third-order valence-corrected chi connectivity index (χ3v) is 4.83. The van der Waals surface area contributed by atoms with E-state index in [4.69, 9.17) is 0 Å². The van der Waals surface area contributed by atoms with Gasteiger partial charge in [0, 0.05) is 37.6 Å². The third kappa shape index (κ3) is 3.55. The van der Waals surface area contributed by atoms with E-state index in [1.165, 1.54) is 5.56 Å². The molecule has 0 unspecified atom stereocenters. The summed E-state index contributed by atoms with van der Waals surface area (Å²) in [7, 11) is 0. The topological polar surface area (TPSA) is 66.1 Å². The summed E-state index contributed by atoms with van der Waals surface area (Å²) in [5.74, 6) is 0.143. The van der Waals surface area contributed by atoms with E-state index in [0.717, 1.165) is 17.7 Å². The highest BCUT2D eigenvalue weighted by Crippen LogP contribution is 2.29. The lowest BCUT2D eigenvalue weighted by Gasteiger charge is -2.30. The van der Waals surface area contributed by atoms with E-state index in [-0.39, 0.29) is 16.9 Å². The van der Waals surface area contributed by atoms with Gasteiger partial charge < -0.3 is 4.90 Å². The van der Waals surface area contributed by atoms with Crippen LogP contribution in [0.1, 0.15) is 43.5 Å². The minimum absolute atomic E-state index is 0.0384. The van der Waals surface area contributed by atoms with Gasteiger partial charge in [0.15, 0.2) is 0 Å². The van der Waals surface area contributed by atoms with Crippen molar-refractivity contribution in [2.45, 2.75) is 45.1 Å². The smallest absolute Gasteiger partial charge is 0.264 e. The average molecular weight is 325 g/mol. The fraction of sp³-hybridized carbons (Fsp3) is 0.421. The van der Waals surface area contributed by atoms with Gasteiger partial charge in [-0.05, 0) is 17.4 Å². The maximum absolute atomic E-state index is 12.6. The molecule has 0 aliphatic carbocycles. The van der Waals surface area contributed by atoms with E-state index in [0.29, 0.717) is 25.9 Å². The van der Waals surface area contributed by atoms with Gasteiger partial charge in [0.1, 0.15) is 0 Å². The van der Waals surface area contributed by atoms with Crippen LogP contribution >= 0.6 is 0 Å². The zero-order chi connectivity index (χ0) is 17.2. The number of carbonyl (C=O) groups excluding carboxylic acids is 1. The maximum Gasteiger partial charge on any atom is 0.264 e. The molecule has 1 N–H and O–H groups in total. The molecular weight excluding hydrogens is 302 g/mol. The van der Waals surface area contributed by atoms with Gasteiger partial charge in [-0.15, -0.1) is 0 Å². The Morgan fingerprint density at radius 2 is 2.04 bits per heavy atom. The minimum atomic E-state index is -0.215. The summed E-state index contributed by atoms with van der Waals surface area (Å²) < 4.78 is 0. The largest absolute Gasteiger partial charge is 0.338 e. The highest BCUT2D eigenvalue weighted by Gasteiger charge is 2.25. The van der Waals surface area contributed by atoms with Gasteiger partial charge in [-0.1, -0.05) is 44.2 Å². The number of benzene rings is 1. The molecular formula is C19H23N3O2. The molecule has 0 fully saturated rings. The zero-order valence-electron chi connectivity index (χ0n) is 14.2. The predicted molar refractivity (Wildman–Crippen MR) is 92.7 cm³/mol. The Morgan fingerprint density at radius 3 is 2.79 bits per heavy atom. The van der Waals surface area contributed by atoms with Crippen molar-refractivity contribution >= 4 is 5.91 Å². The van der Waals surface area contributed by atoms with Crippen molar-refractivity contribution in [2.24, 2.45) is 0 Å². The Bertz CT molecular complexity index is 781. The second-order valence-corrected chi connectivity index (χ2v) is 7.02. The molecule has 1 aliphatic heterocycles. The van der Waals surface area contributed by atoms with Crippen LogP contribution in [0.15, 0.2) is 41.2 Å². The van der Waals surface area contributed by atoms with E-state index in [1.807, 2.05) is 23.1 Å². The second-order valence-electron chi connectivity index (χ2n) is 7.02. The monoisotopic (exact) mass is 325 g/mol. The fourth-order valence-electron chi connectivity index (χ4n) is 3.17. The second kappa shape index (κ2) is 6.59. The number of rotatable bonds is 4. The normalized spacial score (nSPS) is 14.3. The first kappa shape index (κ1) is 16.4. The molecule has 24 heavy (non-hydrogen) atoms. The number of nitrogens with one attached hydrogen (secondary N) is 1. The van der Waals surface area contributed by atoms with E-state index < -0.39 is 0 Å². The van der Waals surface area contributed by atoms with Crippen molar-refractivity contribution in [1.29, 1.82) is 0 Å². The van der Waals surface area contributed by atoms with Gasteiger partial charge in [-0.2, -0.15) is 5.10 Å². The number of nitrogens with zero attached hydrogens (tertiary/aromatic N) is 2. The fourth-order valence-corrected chi connectivity index (χ4v) is 3.17. The molecule has 1 amide bonds. The summed E-state index contributed by atoms with van der Waals surface area (Å²) in [5.41, 5.74) is 2.75. The molecule has 1 aromatic carbocycles. The van der Waals surface area contributed by atoms with Crippen LogP contribution in [0, 0.1) is 0 Å². The molecule has 0 bridgehead atoms. The number of carbonyl (C=O) groups is 1. The maximum atomic E-state index is 12.6. The van der Waals surface area contributed by atoms with Gasteiger partial charge in [0.05, 0.1) is 5.69 Å². The Labute approximate surface area is 141 Å². The highest BCUT2D eigenvalue weighted by atomic mass is 16.2. The summed E-state index contributed by atoms with van der Waals surface area (Å²) in [6.07, 6.45) is 2.00. The first-order valence-electron chi connectivity index (χ1n) is 8.36. The summed E-state index contributed by atoms with van der Waals surface area (Å²) in [5, 5.41) is 6.52. The van der Waals surface area contributed by atoms with Crippen LogP contribution in [0.5, 0.6) is 0 Å². The number of aromatic amines is 1. The van der Waals surface area contributed by atoms with Crippen LogP contribution < -0.4 is 5.56 Å². The molecule has 2 heterocycles. The number of fused-ring (bicyclic) bond motifs is 1. The molecule has 0 radical (unpaired) electrons. The molecule has 0 saturated heterocycles. The van der Waals surface area contributed by atoms with E-state index in [2.05, 4.69) is 36.2 Å². The molecule has 2 aromatic rings. The van der Waals surface area contributed by atoms with Crippen molar-refractivity contribution < 1.29 is 4.79 Å². The quantitative estimate of drug-likeness (QED) is 0.939. The third-order valence-electron chi connectivity index (χ3n) is 4.83. The number of aromatic nitrogens is 2. The predicted octanol–water partition coefficient (Wildman–Crippen LogP) is 2.41. The van der Waals surface area contributed by atoms with Crippen molar-refractivity contribution in [1.82, 2.24) is 15.1 Å². The lowest BCUT2D eigenvalue weighted by molar-refractivity contribution is -0.132. The van der Waals surface area contributed by atoms with E-state index in [1.54, 1.807) is 6.07 Å². The summed E-state index contributed by atoms with van der Waals surface area (Å²) in [6.45, 7) is 5.49. The van der Waals surface area contributed by atoms with E-state index >= 15 is 0 Å². The molecule has 5 nitrogen and oxygen atoms in total. The molecule has 126 valence electrons. The van der Waals surface area contributed by atoms with Crippen molar-refractivity contribution in [3.63, 3.8) is 0 Å². The molecule has 0 atom stereocenters. The van der Waals surface area contributed by atoms with Crippen LogP contribution in [0.3, 0.4) is 0 Å². The first-order valence-corrected chi connectivity index (χ1v) is 8.36. The van der Waals surface area contributed by atoms with Gasteiger partial charge in [0.25, 0.3) is 5.56 Å². The summed E-state index contributed by atoms with van der Waals surface area (Å²) in [6, 6.07) is 11.8. The molecule has 3 rings (SSSR count). The number of hydrogen-bond acceptors (Lipinski definition) is 3. The lowest BCUT2D eigenvalue weighted by Crippen LogP contribution is -2.37. The van der Waals surface area contributed by atoms with Gasteiger partial charge in [0.2, 0.25) is 5.91 Å². The first-order chi connectivity index (χ1) is 11.5. The Hall–Kier alpha value is -2.43. The van der Waals surface area contributed by atoms with Crippen LogP contribution in [-0.4, -0.2) is 27.5 Å². The molecule has 0 saturated carbocycles. The molecule has 0 spiro atoms. The molecule has 1 aromatic heterocycles. The van der Waals surface area contributed by atoms with Crippen molar-refractivity contribution in [2.75, 3.05) is 6.54 Å². The Morgan fingerprint density at radius 1 is 1.29 bits per heavy atom. The van der Waals surface area contributed by atoms with Crippen LogP contribution in [0.4, 0.5) is 0 Å². The summed E-state index contributed by atoms with van der Waals surface area (Å²) >= 11 is 0. The van der Waals surface area contributed by atoms with Crippen LogP contribution in [0.2, 0.25) is 0 Å². The zero-order valence-corrected chi connectivity index (χ0v) is 14.2. The summed E-state index contributed by atoms with van der Waals surface area (Å²) in [4.78, 5) is 25.8. The highest BCUT2D eigenvalue weighted by molar-refractivity contribution is 5.76. The van der Waals surface area contributed by atoms with Crippen molar-refractivity contribution in [3.05, 3.63) is 63.6 Å². The average Bonchev–Trinajstić information content (AvgIpc) is 2.60. The Kier molecular flexibility index (Phi) is 4.51. The van der Waals surface area contributed by atoms with E-state index in [9.17, 15) is 9.59 Å². The molecule has 1 aliphatic rings. The van der Waals surface area contributed by atoms with Crippen LogP contribution in [0.25, 0.3) is 0 Å². The van der Waals surface area contributed by atoms with Gasteiger partial charge in [-0.3, -0.25) is 9.59 Å². The standard InChI is InChI=1S/C19H23N3O2/c1-19(2,15-6-4-3-5-7-15)10-8-18(24)22-11-9-16-14(13-22)12-17(23)21-20-16/h3-7,12H,8-11,13H2,1-2H3,(H,21,23). The Balaban J connectivity index is 1.63. The molecule has 5 heteroatoms. The minimum Gasteiger partial charge on any atom is -0.338 e. The lowest BCUT2D eigenvalue weighted by atomic mass is 9.80. The number of amides is 1. The van der Waals surface area contributed by atoms with Crippen molar-refractivity contribution in [3.8, 4) is 0 Å². The number of hydrogen-bond donors (Lipinski definition) is 1. The van der Waals surface area contributed by atoms with Gasteiger partial charge in [-0.25, -0.2) is 5.10 Å². The number of H-pyrrole nitrogens is 1. The SMILES string of the molecule is CC(C)(CCC(=O)N1CCc2n[nH]c(=O)cc2C1)c1ccccc1. The van der Waals surface area contributed by atoms with Gasteiger partial charge >= 0.3 is 0 Å². The van der Waals surface area contributed by atoms with Crippen LogP contribution in [-0.2, 0) is 23.2 Å².